The van der Waals surface area contributed by atoms with Crippen LogP contribution in [0.5, 0.6) is 0 Å². The highest BCUT2D eigenvalue weighted by Crippen LogP contribution is 2.18. The number of nitrogens with one attached hydrogen (secondary N) is 1. The zero-order valence-corrected chi connectivity index (χ0v) is 12.2. The maximum Gasteiger partial charge on any atom is 0.0644 e. The van der Waals surface area contributed by atoms with Crippen molar-refractivity contribution >= 4 is 0 Å². The summed E-state index contributed by atoms with van der Waals surface area (Å²) in [7, 11) is 3.96. The molecule has 104 valence electrons. The van der Waals surface area contributed by atoms with Crippen LogP contribution in [0.4, 0.5) is 0 Å². The lowest BCUT2D eigenvalue weighted by atomic mass is 10.1. The van der Waals surface area contributed by atoms with Gasteiger partial charge in [-0.2, -0.15) is 10.2 Å². The van der Waals surface area contributed by atoms with Gasteiger partial charge in [-0.1, -0.05) is 13.8 Å². The molecule has 0 bridgehead atoms. The summed E-state index contributed by atoms with van der Waals surface area (Å²) in [4.78, 5) is 0. The Kier molecular flexibility index (Phi) is 4.37. The van der Waals surface area contributed by atoms with Crippen molar-refractivity contribution in [2.24, 2.45) is 14.1 Å². The molecule has 5 heteroatoms. The molecular weight excluding hydrogens is 238 g/mol. The molecule has 1 N–H and O–H groups in total. The Bertz CT molecular complexity index is 526. The van der Waals surface area contributed by atoms with E-state index in [4.69, 9.17) is 0 Å². The Hall–Kier alpha value is -1.62. The first-order chi connectivity index (χ1) is 9.13. The van der Waals surface area contributed by atoms with E-state index < -0.39 is 0 Å². The molecule has 0 aliphatic heterocycles. The van der Waals surface area contributed by atoms with E-state index >= 15 is 0 Å². The average Bonchev–Trinajstić information content (AvgIpc) is 2.95. The van der Waals surface area contributed by atoms with Crippen LogP contribution >= 0.6 is 0 Å². The van der Waals surface area contributed by atoms with Gasteiger partial charge < -0.3 is 5.32 Å². The minimum Gasteiger partial charge on any atom is -0.309 e. The summed E-state index contributed by atoms with van der Waals surface area (Å²) in [5, 5.41) is 12.5. The molecule has 1 unspecified atom stereocenters. The van der Waals surface area contributed by atoms with Gasteiger partial charge in [-0.15, -0.1) is 0 Å². The first-order valence-electron chi connectivity index (χ1n) is 6.88. The van der Waals surface area contributed by atoms with Crippen LogP contribution in [0, 0.1) is 0 Å². The minimum absolute atomic E-state index is 0.262. The molecule has 0 fully saturated rings. The molecule has 5 nitrogen and oxygen atoms in total. The number of rotatable bonds is 6. The molecule has 0 spiro atoms. The van der Waals surface area contributed by atoms with Gasteiger partial charge in [0.25, 0.3) is 0 Å². The smallest absolute Gasteiger partial charge is 0.0644 e. The second kappa shape index (κ2) is 6.02. The Morgan fingerprint density at radius 3 is 2.53 bits per heavy atom. The molecule has 1 atom stereocenters. The summed E-state index contributed by atoms with van der Waals surface area (Å²) >= 11 is 0. The van der Waals surface area contributed by atoms with E-state index in [-0.39, 0.29) is 6.04 Å². The lowest BCUT2D eigenvalue weighted by Crippen LogP contribution is -2.25. The van der Waals surface area contributed by atoms with Gasteiger partial charge in [-0.3, -0.25) is 9.36 Å². The minimum atomic E-state index is 0.262. The van der Waals surface area contributed by atoms with Crippen molar-refractivity contribution < 1.29 is 0 Å². The molecule has 2 rings (SSSR count). The number of aryl methyl sites for hydroxylation is 3. The van der Waals surface area contributed by atoms with Gasteiger partial charge in [-0.05, 0) is 25.1 Å². The standard InChI is InChI=1S/C14H23N5/c1-5-11-10-14(19(4)17-11)13(15-6-2)9-12-7-8-18(3)16-12/h7-8,10,13,15H,5-6,9H2,1-4H3. The second-order valence-corrected chi connectivity index (χ2v) is 4.83. The van der Waals surface area contributed by atoms with Crippen LogP contribution in [0.3, 0.4) is 0 Å². The summed E-state index contributed by atoms with van der Waals surface area (Å²) in [6.45, 7) is 5.19. The molecule has 0 radical (unpaired) electrons. The van der Waals surface area contributed by atoms with Crippen LogP contribution in [-0.4, -0.2) is 26.1 Å². The van der Waals surface area contributed by atoms with Gasteiger partial charge >= 0.3 is 0 Å². The quantitative estimate of drug-likeness (QED) is 0.859. The highest BCUT2D eigenvalue weighted by Gasteiger charge is 2.17. The Morgan fingerprint density at radius 2 is 2.00 bits per heavy atom. The van der Waals surface area contributed by atoms with Crippen molar-refractivity contribution in [1.82, 2.24) is 24.9 Å². The van der Waals surface area contributed by atoms with Gasteiger partial charge in [-0.25, -0.2) is 0 Å². The molecule has 0 aliphatic carbocycles. The molecule has 0 amide bonds. The lowest BCUT2D eigenvalue weighted by molar-refractivity contribution is 0.500. The zero-order chi connectivity index (χ0) is 13.8. The van der Waals surface area contributed by atoms with Crippen LogP contribution in [0.1, 0.15) is 37.0 Å². The fourth-order valence-corrected chi connectivity index (χ4v) is 2.35. The zero-order valence-electron chi connectivity index (χ0n) is 12.2. The summed E-state index contributed by atoms with van der Waals surface area (Å²) in [6.07, 6.45) is 3.84. The van der Waals surface area contributed by atoms with Gasteiger partial charge in [0.1, 0.15) is 0 Å². The maximum absolute atomic E-state index is 4.53. The van der Waals surface area contributed by atoms with Crippen molar-refractivity contribution in [2.75, 3.05) is 6.54 Å². The molecule has 0 saturated heterocycles. The third kappa shape index (κ3) is 3.23. The molecule has 0 saturated carbocycles. The predicted octanol–water partition coefficient (Wildman–Crippen LogP) is 1.61. The predicted molar refractivity (Wildman–Crippen MR) is 75.9 cm³/mol. The van der Waals surface area contributed by atoms with Crippen molar-refractivity contribution in [3.05, 3.63) is 35.4 Å². The molecule has 2 heterocycles. The maximum atomic E-state index is 4.53. The average molecular weight is 261 g/mol. The van der Waals surface area contributed by atoms with Crippen molar-refractivity contribution in [3.63, 3.8) is 0 Å². The lowest BCUT2D eigenvalue weighted by Gasteiger charge is -2.17. The number of hydrogen-bond acceptors (Lipinski definition) is 3. The number of aromatic nitrogens is 4. The molecule has 19 heavy (non-hydrogen) atoms. The van der Waals surface area contributed by atoms with E-state index in [9.17, 15) is 0 Å². The molecule has 2 aromatic rings. The Labute approximate surface area is 114 Å². The van der Waals surface area contributed by atoms with Crippen LogP contribution in [-0.2, 0) is 26.9 Å². The van der Waals surface area contributed by atoms with Gasteiger partial charge in [0.05, 0.1) is 23.1 Å². The largest absolute Gasteiger partial charge is 0.309 e. The van der Waals surface area contributed by atoms with E-state index in [2.05, 4.69) is 41.5 Å². The monoisotopic (exact) mass is 261 g/mol. The van der Waals surface area contributed by atoms with E-state index in [1.54, 1.807) is 0 Å². The topological polar surface area (TPSA) is 47.7 Å². The fraction of sp³-hybridized carbons (Fsp3) is 0.571. The Balaban J connectivity index is 2.21. The second-order valence-electron chi connectivity index (χ2n) is 4.83. The van der Waals surface area contributed by atoms with Gasteiger partial charge in [0, 0.05) is 26.7 Å². The fourth-order valence-electron chi connectivity index (χ4n) is 2.35. The van der Waals surface area contributed by atoms with E-state index in [0.29, 0.717) is 0 Å². The van der Waals surface area contributed by atoms with Crippen molar-refractivity contribution in [2.45, 2.75) is 32.7 Å². The van der Waals surface area contributed by atoms with Crippen LogP contribution in [0.15, 0.2) is 18.3 Å². The van der Waals surface area contributed by atoms with E-state index in [1.165, 1.54) is 5.69 Å². The SMILES string of the molecule is CCNC(Cc1ccn(C)n1)c1cc(CC)nn1C. The number of nitrogens with zero attached hydrogens (tertiary/aromatic N) is 4. The number of likely N-dealkylation sites (N-methyl/N-ethyl adjacent to an activating group) is 1. The van der Waals surface area contributed by atoms with Crippen LogP contribution in [0.2, 0.25) is 0 Å². The first-order valence-corrected chi connectivity index (χ1v) is 6.88. The van der Waals surface area contributed by atoms with E-state index in [1.807, 2.05) is 29.7 Å². The summed E-state index contributed by atoms with van der Waals surface area (Å²) in [5.41, 5.74) is 3.47. The van der Waals surface area contributed by atoms with Gasteiger partial charge in [0.2, 0.25) is 0 Å². The molecule has 0 aliphatic rings. The van der Waals surface area contributed by atoms with E-state index in [0.717, 1.165) is 30.8 Å². The summed E-state index contributed by atoms with van der Waals surface area (Å²) < 4.78 is 3.83. The highest BCUT2D eigenvalue weighted by atomic mass is 15.3. The third-order valence-electron chi connectivity index (χ3n) is 3.32. The molecule has 2 aromatic heterocycles. The molecular formula is C14H23N5. The van der Waals surface area contributed by atoms with Crippen LogP contribution in [0.25, 0.3) is 0 Å². The summed E-state index contributed by atoms with van der Waals surface area (Å²) in [5.74, 6) is 0. The number of hydrogen-bond donors (Lipinski definition) is 1. The Morgan fingerprint density at radius 1 is 1.21 bits per heavy atom. The van der Waals surface area contributed by atoms with Crippen molar-refractivity contribution in [3.8, 4) is 0 Å². The third-order valence-corrected chi connectivity index (χ3v) is 3.32. The van der Waals surface area contributed by atoms with Gasteiger partial charge in [0.15, 0.2) is 0 Å². The molecule has 0 aromatic carbocycles. The first kappa shape index (κ1) is 13.8. The normalized spacial score (nSPS) is 12.8. The van der Waals surface area contributed by atoms with Crippen molar-refractivity contribution in [1.29, 1.82) is 0 Å². The van der Waals surface area contributed by atoms with Crippen LogP contribution < -0.4 is 5.32 Å². The highest BCUT2D eigenvalue weighted by molar-refractivity contribution is 5.17. The summed E-state index contributed by atoms with van der Waals surface area (Å²) in [6, 6.07) is 4.52.